The molecule has 4 amide bonds. The van der Waals surface area contributed by atoms with Gasteiger partial charge in [-0.15, -0.1) is 11.3 Å². The smallest absolute Gasteiger partial charge is 0.242 e. The van der Waals surface area contributed by atoms with Crippen molar-refractivity contribution in [3.05, 3.63) is 52.5 Å². The van der Waals surface area contributed by atoms with Gasteiger partial charge in [0.05, 0.1) is 55.3 Å². The van der Waals surface area contributed by atoms with Crippen molar-refractivity contribution in [3.8, 4) is 0 Å². The Kier molecular flexibility index (Phi) is 17.0. The molecule has 51 heavy (non-hydrogen) atoms. The van der Waals surface area contributed by atoms with Gasteiger partial charge in [-0.1, -0.05) is 71.4 Å². The molecule has 0 radical (unpaired) electrons. The average molecular weight is 729 g/mol. The zero-order valence-electron chi connectivity index (χ0n) is 31.9. The lowest BCUT2D eigenvalue weighted by atomic mass is 9.90. The number of methoxy groups -OCH3 is 2. The molecule has 3 N–H and O–H groups in total. The standard InChI is InChI=1S/C38H60N6O6S/c1-10-25(4)34(43(7)32(46)23-41-37(48)33(39-6)24(2)3)30(49-8)22-31(45)44-19-14-17-29(44)35(50-9)26(5)36(47)42-28(38-40-18-20-51-38)21-27-15-12-11-13-16-27/h11-13,15-16,18,20,24-26,28-30,33-35,39H,10,14,17,19,21-23H2,1-9H3,(H,41,48)(H,42,47)/t25-,26+,28-,29-,30+,33-,34-,35+/m0/s1. The van der Waals surface area contributed by atoms with Crippen LogP contribution in [0.15, 0.2) is 41.9 Å². The highest BCUT2D eigenvalue weighted by Crippen LogP contribution is 2.30. The summed E-state index contributed by atoms with van der Waals surface area (Å²) in [5.41, 5.74) is 1.09. The monoisotopic (exact) mass is 728 g/mol. The van der Waals surface area contributed by atoms with Gasteiger partial charge in [-0.2, -0.15) is 0 Å². The summed E-state index contributed by atoms with van der Waals surface area (Å²) in [6.07, 6.45) is 3.54. The Morgan fingerprint density at radius 2 is 1.76 bits per heavy atom. The number of thiazole rings is 1. The van der Waals surface area contributed by atoms with E-state index in [-0.39, 0.29) is 60.5 Å². The maximum atomic E-state index is 14.1. The van der Waals surface area contributed by atoms with Gasteiger partial charge >= 0.3 is 0 Å². The molecule has 1 aromatic carbocycles. The molecule has 0 spiro atoms. The lowest BCUT2D eigenvalue weighted by molar-refractivity contribution is -0.146. The molecule has 284 valence electrons. The van der Waals surface area contributed by atoms with Crippen LogP contribution in [0.25, 0.3) is 0 Å². The van der Waals surface area contributed by atoms with E-state index < -0.39 is 30.2 Å². The number of likely N-dealkylation sites (tertiary alicyclic amines) is 1. The maximum absolute atomic E-state index is 14.1. The highest BCUT2D eigenvalue weighted by molar-refractivity contribution is 7.09. The van der Waals surface area contributed by atoms with Crippen LogP contribution in [0.4, 0.5) is 0 Å². The number of nitrogens with zero attached hydrogens (tertiary/aromatic N) is 3. The van der Waals surface area contributed by atoms with Crippen LogP contribution in [-0.4, -0.2) is 110 Å². The topological polar surface area (TPSA) is 142 Å². The molecule has 1 fully saturated rings. The molecule has 1 aliphatic rings. The van der Waals surface area contributed by atoms with E-state index in [0.717, 1.165) is 23.4 Å². The minimum atomic E-state index is -0.585. The van der Waals surface area contributed by atoms with E-state index in [1.54, 1.807) is 39.4 Å². The Bertz CT molecular complexity index is 1380. The van der Waals surface area contributed by atoms with Gasteiger partial charge in [-0.25, -0.2) is 4.98 Å². The number of hydrogen-bond donors (Lipinski definition) is 3. The number of amides is 4. The fraction of sp³-hybridized carbons (Fsp3) is 0.658. The summed E-state index contributed by atoms with van der Waals surface area (Å²) in [6, 6.07) is 8.58. The van der Waals surface area contributed by atoms with E-state index in [0.29, 0.717) is 19.4 Å². The van der Waals surface area contributed by atoms with Crippen LogP contribution < -0.4 is 16.0 Å². The first kappa shape index (κ1) is 42.0. The van der Waals surface area contributed by atoms with Crippen molar-refractivity contribution in [1.29, 1.82) is 0 Å². The number of benzene rings is 1. The Labute approximate surface area is 308 Å². The third-order valence-electron chi connectivity index (χ3n) is 10.3. The van der Waals surface area contributed by atoms with E-state index >= 15 is 0 Å². The molecule has 0 aliphatic carbocycles. The van der Waals surface area contributed by atoms with Crippen molar-refractivity contribution < 1.29 is 28.7 Å². The fourth-order valence-electron chi connectivity index (χ4n) is 7.25. The molecule has 13 heteroatoms. The van der Waals surface area contributed by atoms with Gasteiger partial charge in [0.25, 0.3) is 0 Å². The third kappa shape index (κ3) is 11.3. The lowest BCUT2D eigenvalue weighted by Gasteiger charge is -2.39. The van der Waals surface area contributed by atoms with E-state index in [4.69, 9.17) is 9.47 Å². The summed E-state index contributed by atoms with van der Waals surface area (Å²) in [5.74, 6) is -1.24. The summed E-state index contributed by atoms with van der Waals surface area (Å²) in [5, 5.41) is 11.7. The second-order valence-electron chi connectivity index (χ2n) is 14.0. The van der Waals surface area contributed by atoms with Crippen molar-refractivity contribution in [2.45, 2.75) is 103 Å². The third-order valence-corrected chi connectivity index (χ3v) is 11.2. The molecule has 3 rings (SSSR count). The van der Waals surface area contributed by atoms with Crippen molar-refractivity contribution in [2.24, 2.45) is 17.8 Å². The minimum Gasteiger partial charge on any atom is -0.379 e. The number of carbonyl (C=O) groups is 4. The SMILES string of the molecule is CC[C@H](C)[C@@H]([C@@H](CC(=O)N1CCC[C@H]1[C@H](OC)[C@@H](C)C(=O)N[C@@H](Cc1ccccc1)c1nccs1)OC)N(C)C(=O)CNC(=O)[C@@H](NC)C(C)C. The summed E-state index contributed by atoms with van der Waals surface area (Å²) >= 11 is 1.50. The zero-order chi connectivity index (χ0) is 37.7. The average Bonchev–Trinajstić information content (AvgIpc) is 3.84. The molecule has 8 atom stereocenters. The molecule has 1 saturated heterocycles. The van der Waals surface area contributed by atoms with Gasteiger partial charge in [0.1, 0.15) is 5.01 Å². The van der Waals surface area contributed by atoms with Gasteiger partial charge in [0.15, 0.2) is 0 Å². The van der Waals surface area contributed by atoms with Crippen molar-refractivity contribution in [1.82, 2.24) is 30.7 Å². The molecular weight excluding hydrogens is 669 g/mol. The normalized spacial score (nSPS) is 18.7. The number of hydrogen-bond acceptors (Lipinski definition) is 9. The van der Waals surface area contributed by atoms with E-state index in [1.807, 2.05) is 75.2 Å². The molecule has 12 nitrogen and oxygen atoms in total. The molecule has 2 aromatic rings. The van der Waals surface area contributed by atoms with Gasteiger partial charge in [0.2, 0.25) is 23.6 Å². The van der Waals surface area contributed by atoms with Gasteiger partial charge in [-0.05, 0) is 43.7 Å². The first-order valence-electron chi connectivity index (χ1n) is 18.2. The second kappa shape index (κ2) is 20.6. The minimum absolute atomic E-state index is 0.0135. The molecule has 0 bridgehead atoms. The number of nitrogens with one attached hydrogen (secondary N) is 3. The van der Waals surface area contributed by atoms with Gasteiger partial charge in [-0.3, -0.25) is 19.2 Å². The number of likely N-dealkylation sites (N-methyl/N-ethyl adjacent to an activating group) is 2. The molecule has 2 heterocycles. The summed E-state index contributed by atoms with van der Waals surface area (Å²) in [4.78, 5) is 61.9. The Morgan fingerprint density at radius 3 is 2.33 bits per heavy atom. The first-order chi connectivity index (χ1) is 24.4. The van der Waals surface area contributed by atoms with Crippen molar-refractivity contribution in [2.75, 3.05) is 41.4 Å². The highest BCUT2D eigenvalue weighted by Gasteiger charge is 2.42. The molecule has 1 aromatic heterocycles. The number of ether oxygens (including phenoxy) is 2. The van der Waals surface area contributed by atoms with E-state index in [1.165, 1.54) is 11.3 Å². The lowest BCUT2D eigenvalue weighted by Crippen LogP contribution is -2.55. The van der Waals surface area contributed by atoms with Crippen molar-refractivity contribution in [3.63, 3.8) is 0 Å². The number of rotatable bonds is 20. The quantitative estimate of drug-likeness (QED) is 0.187. The van der Waals surface area contributed by atoms with E-state index in [9.17, 15) is 19.2 Å². The predicted octanol–water partition coefficient (Wildman–Crippen LogP) is 3.82. The van der Waals surface area contributed by atoms with Crippen molar-refractivity contribution >= 4 is 35.0 Å². The molecule has 1 aliphatic heterocycles. The summed E-state index contributed by atoms with van der Waals surface area (Å²) in [7, 11) is 6.58. The first-order valence-corrected chi connectivity index (χ1v) is 19.1. The number of aromatic nitrogens is 1. The van der Waals surface area contributed by atoms with Crippen LogP contribution >= 0.6 is 11.3 Å². The summed E-state index contributed by atoms with van der Waals surface area (Å²) in [6.45, 7) is 10.2. The largest absolute Gasteiger partial charge is 0.379 e. The van der Waals surface area contributed by atoms with Crippen LogP contribution in [0.1, 0.15) is 76.9 Å². The van der Waals surface area contributed by atoms with Crippen LogP contribution in [0.2, 0.25) is 0 Å². The fourth-order valence-corrected chi connectivity index (χ4v) is 7.94. The van der Waals surface area contributed by atoms with Crippen LogP contribution in [0.3, 0.4) is 0 Å². The van der Waals surface area contributed by atoms with E-state index in [2.05, 4.69) is 20.9 Å². The van der Waals surface area contributed by atoms with Crippen LogP contribution in [0.5, 0.6) is 0 Å². The van der Waals surface area contributed by atoms with Crippen LogP contribution in [0, 0.1) is 17.8 Å². The maximum Gasteiger partial charge on any atom is 0.242 e. The molecular formula is C38H60N6O6S. The Morgan fingerprint density at radius 1 is 1.06 bits per heavy atom. The predicted molar refractivity (Wildman–Crippen MR) is 200 cm³/mol. The summed E-state index contributed by atoms with van der Waals surface area (Å²) < 4.78 is 11.9. The van der Waals surface area contributed by atoms with Gasteiger partial charge < -0.3 is 35.2 Å². The highest BCUT2D eigenvalue weighted by atomic mass is 32.1. The van der Waals surface area contributed by atoms with Crippen LogP contribution in [-0.2, 0) is 35.1 Å². The zero-order valence-corrected chi connectivity index (χ0v) is 32.7. The molecule has 0 saturated carbocycles. The Hall–Kier alpha value is -3.39. The Balaban J connectivity index is 1.72. The second-order valence-corrected chi connectivity index (χ2v) is 14.9. The van der Waals surface area contributed by atoms with Gasteiger partial charge in [0, 0.05) is 39.4 Å². The molecule has 0 unspecified atom stereocenters. The number of carbonyl (C=O) groups excluding carboxylic acids is 4.